The largest absolute Gasteiger partial charge is 1.00 e. The van der Waals surface area contributed by atoms with Crippen LogP contribution in [0.1, 0.15) is 32.0 Å². The third-order valence-electron chi connectivity index (χ3n) is 3.10. The summed E-state index contributed by atoms with van der Waals surface area (Å²) in [5.74, 6) is -1.94. The summed E-state index contributed by atoms with van der Waals surface area (Å²) >= 11 is 0. The molecule has 22 heavy (non-hydrogen) atoms. The number of rotatable bonds is 4. The molecule has 108 valence electrons. The smallest absolute Gasteiger partial charge is 0.545 e. The minimum atomic E-state index is -1.40. The van der Waals surface area contributed by atoms with Crippen LogP contribution in [0.3, 0.4) is 0 Å². The average molecular weight is 307 g/mol. The van der Waals surface area contributed by atoms with E-state index in [9.17, 15) is 14.7 Å². The van der Waals surface area contributed by atoms with Gasteiger partial charge in [-0.1, -0.05) is 18.2 Å². The summed E-state index contributed by atoms with van der Waals surface area (Å²) in [6.07, 6.45) is 0. The first-order valence-corrected chi connectivity index (χ1v) is 6.25. The molecule has 0 spiro atoms. The number of benzene rings is 1. The van der Waals surface area contributed by atoms with Crippen LogP contribution in [0, 0.1) is 13.8 Å². The monoisotopic (exact) mass is 307 g/mol. The predicted molar refractivity (Wildman–Crippen MR) is 76.3 cm³/mol. The van der Waals surface area contributed by atoms with E-state index in [4.69, 9.17) is 5.73 Å². The maximum Gasteiger partial charge on any atom is 1.00 e. The van der Waals surface area contributed by atoms with E-state index in [0.717, 1.165) is 11.3 Å². The quantitative estimate of drug-likeness (QED) is 0.630. The number of nitrogens with two attached hydrogens (primary N) is 1. The number of hydrogen-bond acceptors (Lipinski definition) is 5. The Morgan fingerprint density at radius 3 is 2.36 bits per heavy atom. The van der Waals surface area contributed by atoms with Crippen molar-refractivity contribution in [2.45, 2.75) is 13.8 Å². The molecule has 0 saturated carbocycles. The van der Waals surface area contributed by atoms with Crippen LogP contribution in [-0.4, -0.2) is 16.9 Å². The van der Waals surface area contributed by atoms with Gasteiger partial charge in [0.2, 0.25) is 0 Å². The Bertz CT molecular complexity index is 732. The predicted octanol–water partition coefficient (Wildman–Crippen LogP) is -2.09. The molecule has 1 aromatic heterocycles. The van der Waals surface area contributed by atoms with Crippen molar-refractivity contribution in [3.05, 3.63) is 52.7 Å². The molecule has 1 amide bonds. The topological polar surface area (TPSA) is 108 Å². The molecule has 0 fully saturated rings. The zero-order valence-electron chi connectivity index (χ0n) is 12.6. The molecule has 0 aliphatic carbocycles. The summed E-state index contributed by atoms with van der Waals surface area (Å²) in [4.78, 5) is 26.6. The van der Waals surface area contributed by atoms with Crippen molar-refractivity contribution in [3.63, 3.8) is 0 Å². The molecule has 3 N–H and O–H groups in total. The summed E-state index contributed by atoms with van der Waals surface area (Å²) in [5, 5.41) is 14.0. The Hall–Kier alpha value is -1.89. The van der Waals surface area contributed by atoms with Gasteiger partial charge in [0, 0.05) is 16.9 Å². The molecule has 0 atom stereocenters. The summed E-state index contributed by atoms with van der Waals surface area (Å²) < 4.78 is 0. The van der Waals surface area contributed by atoms with Crippen LogP contribution in [0.4, 0.5) is 11.5 Å². The zero-order valence-corrected chi connectivity index (χ0v) is 14.6. The minimum Gasteiger partial charge on any atom is -0.545 e. The van der Waals surface area contributed by atoms with E-state index >= 15 is 0 Å². The summed E-state index contributed by atoms with van der Waals surface area (Å²) in [6, 6.07) is 8.62. The van der Waals surface area contributed by atoms with Gasteiger partial charge in [-0.2, -0.15) is 0 Å². The number of aromatic nitrogens is 1. The number of para-hydroxylation sites is 1. The Labute approximate surface area is 150 Å². The van der Waals surface area contributed by atoms with Gasteiger partial charge in [-0.25, -0.2) is 4.98 Å². The normalized spacial score (nSPS) is 9.73. The number of amides is 1. The number of nitrogens with one attached hydrogen (secondary N) is 1. The van der Waals surface area contributed by atoms with Gasteiger partial charge in [0.05, 0.1) is 11.5 Å². The molecular formula is C15H14N3NaO3. The fourth-order valence-corrected chi connectivity index (χ4v) is 1.94. The number of hydrogen-bond donors (Lipinski definition) is 2. The Morgan fingerprint density at radius 2 is 1.82 bits per heavy atom. The maximum atomic E-state index is 11.5. The first-order chi connectivity index (χ1) is 9.90. The molecule has 1 heterocycles. The van der Waals surface area contributed by atoms with Crippen LogP contribution in [0.2, 0.25) is 0 Å². The van der Waals surface area contributed by atoms with Gasteiger partial charge in [0.1, 0.15) is 5.82 Å². The molecule has 0 bridgehead atoms. The van der Waals surface area contributed by atoms with Crippen molar-refractivity contribution in [1.29, 1.82) is 0 Å². The molecule has 0 aliphatic heterocycles. The van der Waals surface area contributed by atoms with E-state index in [1.54, 1.807) is 0 Å². The van der Waals surface area contributed by atoms with Crippen molar-refractivity contribution in [2.24, 2.45) is 5.73 Å². The number of carbonyl (C=O) groups is 2. The molecule has 0 saturated heterocycles. The number of aryl methyl sites for hydroxylation is 2. The molecule has 0 aliphatic rings. The third kappa shape index (κ3) is 3.85. The fourth-order valence-electron chi connectivity index (χ4n) is 1.94. The Morgan fingerprint density at radius 1 is 1.18 bits per heavy atom. The number of anilines is 2. The van der Waals surface area contributed by atoms with Gasteiger partial charge in [0.15, 0.2) is 0 Å². The van der Waals surface area contributed by atoms with Crippen LogP contribution in [0.15, 0.2) is 30.3 Å². The molecule has 0 unspecified atom stereocenters. The molecule has 2 aromatic rings. The summed E-state index contributed by atoms with van der Waals surface area (Å²) in [6.45, 7) is 3.42. The fraction of sp³-hybridized carbons (Fsp3) is 0.133. The summed E-state index contributed by atoms with van der Waals surface area (Å²) in [5.41, 5.74) is 7.10. The maximum absolute atomic E-state index is 11.5. The molecule has 0 radical (unpaired) electrons. The summed E-state index contributed by atoms with van der Waals surface area (Å²) in [7, 11) is 0. The number of carboxylic acid groups (broad SMARTS) is 1. The van der Waals surface area contributed by atoms with Gasteiger partial charge < -0.3 is 21.0 Å². The van der Waals surface area contributed by atoms with E-state index in [1.807, 2.05) is 31.2 Å². The number of nitrogens with zero attached hydrogens (tertiary/aromatic N) is 1. The third-order valence-corrected chi connectivity index (χ3v) is 3.10. The Kier molecular flexibility index (Phi) is 6.11. The van der Waals surface area contributed by atoms with Crippen molar-refractivity contribution in [2.75, 3.05) is 5.32 Å². The van der Waals surface area contributed by atoms with E-state index in [2.05, 4.69) is 10.3 Å². The average Bonchev–Trinajstić information content (AvgIpc) is 2.40. The van der Waals surface area contributed by atoms with Crippen molar-refractivity contribution < 1.29 is 44.3 Å². The number of aromatic carboxylic acids is 1. The van der Waals surface area contributed by atoms with Crippen molar-refractivity contribution in [3.8, 4) is 0 Å². The number of primary amides is 1. The SMILES string of the molecule is Cc1ccccc1Nc1nc(C)c(C(=O)[O-])cc1C(N)=O.[Na+]. The number of carboxylic acids is 1. The van der Waals surface area contributed by atoms with Gasteiger partial charge in [-0.05, 0) is 31.5 Å². The second-order valence-electron chi connectivity index (χ2n) is 4.61. The number of carbonyl (C=O) groups excluding carboxylic acids is 2. The van der Waals surface area contributed by atoms with Crippen LogP contribution in [-0.2, 0) is 0 Å². The minimum absolute atomic E-state index is 0. The van der Waals surface area contributed by atoms with E-state index < -0.39 is 11.9 Å². The van der Waals surface area contributed by atoms with Gasteiger partial charge >= 0.3 is 29.6 Å². The first kappa shape index (κ1) is 18.2. The van der Waals surface area contributed by atoms with Gasteiger partial charge in [0.25, 0.3) is 5.91 Å². The molecule has 7 heteroatoms. The Balaban J connectivity index is 0.00000242. The zero-order chi connectivity index (χ0) is 15.6. The molecular weight excluding hydrogens is 293 g/mol. The van der Waals surface area contributed by atoms with Crippen molar-refractivity contribution in [1.82, 2.24) is 4.98 Å². The van der Waals surface area contributed by atoms with Crippen LogP contribution >= 0.6 is 0 Å². The second kappa shape index (κ2) is 7.40. The van der Waals surface area contributed by atoms with Gasteiger partial charge in [-0.3, -0.25) is 4.79 Å². The number of pyridine rings is 1. The van der Waals surface area contributed by atoms with E-state index in [1.165, 1.54) is 13.0 Å². The molecule has 2 rings (SSSR count). The standard InChI is InChI=1S/C15H15N3O3.Na/c1-8-5-3-4-6-12(8)18-14-11(13(16)19)7-10(15(20)21)9(2)17-14;/h3-7H,1-2H3,(H2,16,19)(H,17,18)(H,20,21);/q;+1/p-1. The van der Waals surface area contributed by atoms with Crippen LogP contribution < -0.4 is 45.7 Å². The second-order valence-corrected chi connectivity index (χ2v) is 4.61. The van der Waals surface area contributed by atoms with Crippen LogP contribution in [0.5, 0.6) is 0 Å². The van der Waals surface area contributed by atoms with E-state index in [0.29, 0.717) is 0 Å². The van der Waals surface area contributed by atoms with E-state index in [-0.39, 0.29) is 52.2 Å². The molecule has 1 aromatic carbocycles. The first-order valence-electron chi connectivity index (χ1n) is 6.25. The van der Waals surface area contributed by atoms with Crippen molar-refractivity contribution >= 4 is 23.4 Å². The molecule has 6 nitrogen and oxygen atoms in total. The van der Waals surface area contributed by atoms with Gasteiger partial charge in [-0.15, -0.1) is 0 Å². The van der Waals surface area contributed by atoms with Crippen LogP contribution in [0.25, 0.3) is 0 Å².